The number of hydrogen-bond donors (Lipinski definition) is 2. The largest absolute Gasteiger partial charge is 0.354 e. The highest BCUT2D eigenvalue weighted by atomic mass is 32.2. The van der Waals surface area contributed by atoms with Crippen molar-refractivity contribution in [1.82, 2.24) is 24.9 Å². The molecule has 0 aliphatic rings. The number of hydrogen-bond acceptors (Lipinski definition) is 7. The van der Waals surface area contributed by atoms with Gasteiger partial charge >= 0.3 is 0 Å². The maximum atomic E-state index is 4.47. The Labute approximate surface area is 111 Å². The lowest BCUT2D eigenvalue weighted by molar-refractivity contribution is 1.04. The molecule has 2 N–H and O–H groups in total. The van der Waals surface area contributed by atoms with Crippen LogP contribution in [0.1, 0.15) is 6.92 Å². The van der Waals surface area contributed by atoms with Gasteiger partial charge in [-0.1, -0.05) is 0 Å². The van der Waals surface area contributed by atoms with Crippen LogP contribution < -0.4 is 5.32 Å². The van der Waals surface area contributed by atoms with Gasteiger partial charge in [-0.3, -0.25) is 0 Å². The van der Waals surface area contributed by atoms with Crippen molar-refractivity contribution in [2.75, 3.05) is 11.9 Å². The van der Waals surface area contributed by atoms with Crippen LogP contribution in [0.4, 0.5) is 5.95 Å². The lowest BCUT2D eigenvalue weighted by atomic mass is 10.5. The molecular formula is C10H10N6S2. The van der Waals surface area contributed by atoms with Crippen molar-refractivity contribution >= 4 is 40.2 Å². The first-order valence-corrected chi connectivity index (χ1v) is 7.08. The highest BCUT2D eigenvalue weighted by molar-refractivity contribution is 8.01. The zero-order chi connectivity index (χ0) is 12.4. The molecule has 0 fully saturated rings. The average Bonchev–Trinajstić information content (AvgIpc) is 2.99. The van der Waals surface area contributed by atoms with Gasteiger partial charge in [-0.2, -0.15) is 4.98 Å². The smallest absolute Gasteiger partial charge is 0.225 e. The van der Waals surface area contributed by atoms with E-state index in [0.717, 1.165) is 21.4 Å². The van der Waals surface area contributed by atoms with E-state index < -0.39 is 0 Å². The van der Waals surface area contributed by atoms with E-state index in [1.54, 1.807) is 23.9 Å². The molecule has 6 nitrogen and oxygen atoms in total. The summed E-state index contributed by atoms with van der Waals surface area (Å²) in [5.41, 5.74) is 1.51. The molecule has 18 heavy (non-hydrogen) atoms. The topological polar surface area (TPSA) is 79.4 Å². The molecule has 0 atom stereocenters. The van der Waals surface area contributed by atoms with Crippen molar-refractivity contribution < 1.29 is 0 Å². The number of imidazole rings is 1. The van der Waals surface area contributed by atoms with Crippen molar-refractivity contribution in [1.29, 1.82) is 0 Å². The first kappa shape index (κ1) is 11.4. The number of H-pyrrole nitrogens is 1. The second-order valence-electron chi connectivity index (χ2n) is 3.38. The Morgan fingerprint density at radius 1 is 1.39 bits per heavy atom. The maximum Gasteiger partial charge on any atom is 0.225 e. The normalized spacial score (nSPS) is 10.9. The van der Waals surface area contributed by atoms with Gasteiger partial charge in [0.05, 0.1) is 6.33 Å². The lowest BCUT2D eigenvalue weighted by Gasteiger charge is -2.04. The molecule has 92 valence electrons. The van der Waals surface area contributed by atoms with E-state index in [-0.39, 0.29) is 0 Å². The molecule has 0 amide bonds. The van der Waals surface area contributed by atoms with E-state index in [2.05, 4.69) is 30.2 Å². The summed E-state index contributed by atoms with van der Waals surface area (Å²) in [6, 6.07) is 0. The molecule has 3 rings (SSSR count). The van der Waals surface area contributed by atoms with E-state index in [4.69, 9.17) is 0 Å². The molecule has 0 saturated carbocycles. The first-order valence-electron chi connectivity index (χ1n) is 5.39. The third-order valence-electron chi connectivity index (χ3n) is 2.18. The van der Waals surface area contributed by atoms with E-state index in [9.17, 15) is 0 Å². The standard InChI is InChI=1S/C10H10N6S2/c1-2-11-9-15-7-6(13-5-14-7)8(16-9)18-10-12-3-4-17-10/h3-5H,2H2,1H3,(H2,11,13,14,15,16). The predicted molar refractivity (Wildman–Crippen MR) is 72.1 cm³/mol. The molecular weight excluding hydrogens is 268 g/mol. The highest BCUT2D eigenvalue weighted by Crippen LogP contribution is 2.31. The third kappa shape index (κ3) is 2.16. The van der Waals surface area contributed by atoms with Crippen LogP contribution in [0.15, 0.2) is 27.3 Å². The van der Waals surface area contributed by atoms with Crippen LogP contribution in [0.3, 0.4) is 0 Å². The second-order valence-corrected chi connectivity index (χ2v) is 5.51. The summed E-state index contributed by atoms with van der Waals surface area (Å²) in [5.74, 6) is 0.594. The molecule has 0 unspecified atom stereocenters. The van der Waals surface area contributed by atoms with Gasteiger partial charge in [0.25, 0.3) is 0 Å². The molecule has 0 aromatic carbocycles. The minimum atomic E-state index is 0.594. The SMILES string of the molecule is CCNc1nc(Sc2nccs2)c2[nH]cnc2n1. The van der Waals surface area contributed by atoms with Crippen LogP contribution in [0, 0.1) is 0 Å². The van der Waals surface area contributed by atoms with Crippen LogP contribution in [-0.2, 0) is 0 Å². The Bertz CT molecular complexity index is 647. The fraction of sp³-hybridized carbons (Fsp3) is 0.200. The number of fused-ring (bicyclic) bond motifs is 1. The summed E-state index contributed by atoms with van der Waals surface area (Å²) in [4.78, 5) is 20.3. The van der Waals surface area contributed by atoms with Gasteiger partial charge in [0, 0.05) is 18.1 Å². The van der Waals surface area contributed by atoms with Crippen molar-refractivity contribution in [3.63, 3.8) is 0 Å². The van der Waals surface area contributed by atoms with E-state index in [0.29, 0.717) is 11.6 Å². The molecule has 0 bridgehead atoms. The molecule has 3 heterocycles. The number of anilines is 1. The van der Waals surface area contributed by atoms with Crippen LogP contribution in [0.25, 0.3) is 11.2 Å². The van der Waals surface area contributed by atoms with Crippen LogP contribution in [0.2, 0.25) is 0 Å². The number of nitrogens with one attached hydrogen (secondary N) is 2. The summed E-state index contributed by atoms with van der Waals surface area (Å²) in [6.07, 6.45) is 3.41. The quantitative estimate of drug-likeness (QED) is 0.713. The molecule has 0 saturated heterocycles. The summed E-state index contributed by atoms with van der Waals surface area (Å²) in [5, 5.41) is 5.88. The maximum absolute atomic E-state index is 4.47. The van der Waals surface area contributed by atoms with Gasteiger partial charge in [-0.25, -0.2) is 15.0 Å². The van der Waals surface area contributed by atoms with Crippen LogP contribution in [0.5, 0.6) is 0 Å². The number of aromatic nitrogens is 5. The number of rotatable bonds is 4. The van der Waals surface area contributed by atoms with Crippen LogP contribution in [-0.4, -0.2) is 31.5 Å². The van der Waals surface area contributed by atoms with Gasteiger partial charge < -0.3 is 10.3 Å². The van der Waals surface area contributed by atoms with Gasteiger partial charge in [-0.15, -0.1) is 11.3 Å². The molecule has 0 aliphatic heterocycles. The lowest BCUT2D eigenvalue weighted by Crippen LogP contribution is -2.03. The second kappa shape index (κ2) is 4.91. The van der Waals surface area contributed by atoms with Gasteiger partial charge in [0.15, 0.2) is 9.99 Å². The highest BCUT2D eigenvalue weighted by Gasteiger charge is 2.12. The Morgan fingerprint density at radius 2 is 2.33 bits per heavy atom. The molecule has 3 aromatic rings. The molecule has 0 aliphatic carbocycles. The average molecular weight is 278 g/mol. The van der Waals surface area contributed by atoms with E-state index >= 15 is 0 Å². The Morgan fingerprint density at radius 3 is 3.11 bits per heavy atom. The fourth-order valence-electron chi connectivity index (χ4n) is 1.46. The van der Waals surface area contributed by atoms with Crippen molar-refractivity contribution in [2.45, 2.75) is 16.3 Å². The Hall–Kier alpha value is -1.67. The minimum absolute atomic E-state index is 0.594. The molecule has 3 aromatic heterocycles. The zero-order valence-corrected chi connectivity index (χ0v) is 11.2. The van der Waals surface area contributed by atoms with Crippen LogP contribution >= 0.6 is 23.1 Å². The van der Waals surface area contributed by atoms with Crippen molar-refractivity contribution in [2.24, 2.45) is 0 Å². The van der Waals surface area contributed by atoms with Gasteiger partial charge in [0.1, 0.15) is 10.5 Å². The number of aromatic amines is 1. The summed E-state index contributed by atoms with van der Waals surface area (Å²) in [6.45, 7) is 2.78. The minimum Gasteiger partial charge on any atom is -0.354 e. The first-order chi connectivity index (χ1) is 8.86. The Balaban J connectivity index is 2.04. The van der Waals surface area contributed by atoms with Gasteiger partial charge in [0.2, 0.25) is 5.95 Å². The molecule has 8 heteroatoms. The van der Waals surface area contributed by atoms with E-state index in [1.165, 1.54) is 11.8 Å². The Kier molecular flexibility index (Phi) is 3.11. The van der Waals surface area contributed by atoms with E-state index in [1.807, 2.05) is 12.3 Å². The number of thiazole rings is 1. The van der Waals surface area contributed by atoms with Crippen molar-refractivity contribution in [3.8, 4) is 0 Å². The van der Waals surface area contributed by atoms with Gasteiger partial charge in [-0.05, 0) is 18.7 Å². The monoisotopic (exact) mass is 278 g/mol. The zero-order valence-electron chi connectivity index (χ0n) is 9.54. The third-order valence-corrected chi connectivity index (χ3v) is 4.05. The van der Waals surface area contributed by atoms with Crippen molar-refractivity contribution in [3.05, 3.63) is 17.9 Å². The molecule has 0 spiro atoms. The molecule has 0 radical (unpaired) electrons. The predicted octanol–water partition coefficient (Wildman–Crippen LogP) is 2.39. The summed E-state index contributed by atoms with van der Waals surface area (Å²) >= 11 is 3.10. The summed E-state index contributed by atoms with van der Waals surface area (Å²) < 4.78 is 0.951. The summed E-state index contributed by atoms with van der Waals surface area (Å²) in [7, 11) is 0. The fourth-order valence-corrected chi connectivity index (χ4v) is 3.08. The number of nitrogens with zero attached hydrogens (tertiary/aromatic N) is 4.